The van der Waals surface area contributed by atoms with Gasteiger partial charge in [0.15, 0.2) is 6.10 Å². The van der Waals surface area contributed by atoms with Crippen molar-refractivity contribution in [1.82, 2.24) is 0 Å². The van der Waals surface area contributed by atoms with E-state index < -0.39 is 91.3 Å². The predicted octanol–water partition coefficient (Wildman–Crippen LogP) is 8.85. The van der Waals surface area contributed by atoms with Gasteiger partial charge in [0, 0.05) is 12.8 Å². The largest absolute Gasteiger partial charge is 0.472 e. The van der Waals surface area contributed by atoms with E-state index in [-0.39, 0.29) is 12.8 Å². The molecular formula is C45H83O19P3. The minimum absolute atomic E-state index is 0.00305. The third-order valence-electron chi connectivity index (χ3n) is 11.0. The van der Waals surface area contributed by atoms with E-state index in [0.29, 0.717) is 12.8 Å². The van der Waals surface area contributed by atoms with Crippen molar-refractivity contribution in [3.63, 3.8) is 0 Å². The number of rotatable bonds is 41. The Morgan fingerprint density at radius 3 is 1.40 bits per heavy atom. The van der Waals surface area contributed by atoms with Crippen molar-refractivity contribution >= 4 is 35.4 Å². The van der Waals surface area contributed by atoms with Gasteiger partial charge in [-0.05, 0) is 44.9 Å². The second kappa shape index (κ2) is 37.2. The molecule has 1 aliphatic rings. The highest BCUT2D eigenvalue weighted by molar-refractivity contribution is 7.47. The fourth-order valence-corrected chi connectivity index (χ4v) is 9.46. The summed E-state index contributed by atoms with van der Waals surface area (Å²) in [5, 5.41) is 31.9. The van der Waals surface area contributed by atoms with Crippen LogP contribution in [-0.4, -0.2) is 108 Å². The molecule has 0 aromatic carbocycles. The lowest BCUT2D eigenvalue weighted by molar-refractivity contribution is -0.213. The molecule has 0 bridgehead atoms. The normalized spacial score (nSPS) is 21.9. The summed E-state index contributed by atoms with van der Waals surface area (Å²) >= 11 is 0. The topological polar surface area (TPSA) is 303 Å². The van der Waals surface area contributed by atoms with Crippen LogP contribution in [0, 0.1) is 0 Å². The van der Waals surface area contributed by atoms with Gasteiger partial charge in [-0.2, -0.15) is 0 Å². The third-order valence-corrected chi connectivity index (χ3v) is 13.0. The maximum absolute atomic E-state index is 13.1. The maximum atomic E-state index is 13.1. The maximum Gasteiger partial charge on any atom is 0.472 e. The number of carbonyl (C=O) groups is 2. The number of phosphoric acid groups is 3. The van der Waals surface area contributed by atoms with Crippen molar-refractivity contribution in [3.05, 3.63) is 36.5 Å². The van der Waals surface area contributed by atoms with Crippen LogP contribution in [0.15, 0.2) is 36.5 Å². The monoisotopic (exact) mass is 1020 g/mol. The summed E-state index contributed by atoms with van der Waals surface area (Å²) < 4.78 is 65.5. The van der Waals surface area contributed by atoms with Crippen molar-refractivity contribution < 1.29 is 90.6 Å². The molecule has 1 aliphatic carbocycles. The molecule has 1 saturated carbocycles. The molecule has 0 spiro atoms. The fourth-order valence-electron chi connectivity index (χ4n) is 7.36. The number of phosphoric ester groups is 3. The molecular weight excluding hydrogens is 937 g/mol. The van der Waals surface area contributed by atoms with Gasteiger partial charge in [-0.1, -0.05) is 159 Å². The highest BCUT2D eigenvalue weighted by Crippen LogP contribution is 2.51. The average Bonchev–Trinajstić information content (AvgIpc) is 3.25. The van der Waals surface area contributed by atoms with E-state index in [1.54, 1.807) is 0 Å². The first kappa shape index (κ1) is 63.4. The molecule has 0 saturated heterocycles. The number of aliphatic hydroxyl groups excluding tert-OH is 3. The lowest BCUT2D eigenvalue weighted by atomic mass is 9.85. The first-order valence-electron chi connectivity index (χ1n) is 24.3. The summed E-state index contributed by atoms with van der Waals surface area (Å²) in [7, 11) is -16.6. The van der Waals surface area contributed by atoms with E-state index in [9.17, 15) is 63.1 Å². The Morgan fingerprint density at radius 2 is 0.910 bits per heavy atom. The Hall–Kier alpha value is -1.63. The zero-order chi connectivity index (χ0) is 50.0. The summed E-state index contributed by atoms with van der Waals surface area (Å²) in [6.07, 6.45) is 21.6. The molecule has 22 heteroatoms. The second-order valence-electron chi connectivity index (χ2n) is 17.0. The van der Waals surface area contributed by atoms with Crippen LogP contribution in [0.2, 0.25) is 0 Å². The smallest absolute Gasteiger partial charge is 0.462 e. The summed E-state index contributed by atoms with van der Waals surface area (Å²) in [6, 6.07) is 0. The van der Waals surface area contributed by atoms with E-state index in [1.165, 1.54) is 57.8 Å². The summed E-state index contributed by atoms with van der Waals surface area (Å²) in [6.45, 7) is 2.83. The molecule has 0 aliphatic heterocycles. The van der Waals surface area contributed by atoms with Crippen LogP contribution in [0.1, 0.15) is 181 Å². The van der Waals surface area contributed by atoms with E-state index in [4.69, 9.17) is 18.5 Å². The Labute approximate surface area is 398 Å². The van der Waals surface area contributed by atoms with Gasteiger partial charge in [-0.15, -0.1) is 0 Å². The molecule has 0 amide bonds. The first-order chi connectivity index (χ1) is 31.8. The van der Waals surface area contributed by atoms with Gasteiger partial charge in [-0.25, -0.2) is 13.7 Å². The fraction of sp³-hybridized carbons (Fsp3) is 0.822. The number of allylic oxidation sites excluding steroid dienone is 6. The number of hydrogen-bond donors (Lipinski definition) is 8. The molecule has 0 heterocycles. The number of hydrogen-bond acceptors (Lipinski definition) is 14. The van der Waals surface area contributed by atoms with E-state index in [2.05, 4.69) is 59.4 Å². The molecule has 1 fully saturated rings. The Morgan fingerprint density at radius 1 is 0.493 bits per heavy atom. The standard InChI is InChI=1S/C45H83O19P3/c1-3-5-7-9-11-13-15-17-19-21-23-25-27-29-31-33-38(46)59-35-37(61-39(47)34-32-30-28-26-24-22-20-18-16-14-12-10-8-6-4-2)36-60-67(57,58)64-43-40(48)41(49)44(62-65(51,52)53)45(42(43)50)63-66(54,55)56/h5,7,11,13,17,19,37,40-45,48-50H,3-4,6,8-10,12,14-16,18,20-36H2,1-2H3,(H,57,58)(H2,51,52,53)(H2,54,55,56)/t37-,40?,41?,42?,43+,44?,45+/m1/s1. The highest BCUT2D eigenvalue weighted by atomic mass is 31.2. The summed E-state index contributed by atoms with van der Waals surface area (Å²) in [5.41, 5.74) is 0. The van der Waals surface area contributed by atoms with Crippen LogP contribution in [-0.2, 0) is 50.9 Å². The minimum Gasteiger partial charge on any atom is -0.462 e. The number of carbonyl (C=O) groups excluding carboxylic acids is 2. The van der Waals surface area contributed by atoms with Crippen LogP contribution in [0.3, 0.4) is 0 Å². The van der Waals surface area contributed by atoms with Gasteiger partial charge in [-0.3, -0.25) is 27.7 Å². The van der Waals surface area contributed by atoms with E-state index in [0.717, 1.165) is 83.5 Å². The molecule has 1 rings (SSSR count). The van der Waals surface area contributed by atoms with Gasteiger partial charge in [0.25, 0.3) is 0 Å². The second-order valence-corrected chi connectivity index (χ2v) is 20.8. The van der Waals surface area contributed by atoms with Gasteiger partial charge < -0.3 is 49.3 Å². The van der Waals surface area contributed by atoms with Crippen molar-refractivity contribution in [1.29, 1.82) is 0 Å². The Balaban J connectivity index is 2.73. The van der Waals surface area contributed by atoms with E-state index >= 15 is 0 Å². The molecule has 0 radical (unpaired) electrons. The van der Waals surface area contributed by atoms with E-state index in [1.807, 2.05) is 0 Å². The quantitative estimate of drug-likeness (QED) is 0.0123. The zero-order valence-electron chi connectivity index (χ0n) is 39.7. The Bertz CT molecular complexity index is 1550. The molecule has 19 nitrogen and oxygen atoms in total. The number of ether oxygens (including phenoxy) is 2. The lowest BCUT2D eigenvalue weighted by Crippen LogP contribution is -2.65. The molecule has 5 unspecified atom stereocenters. The molecule has 0 aromatic rings. The average molecular weight is 1020 g/mol. The molecule has 8 N–H and O–H groups in total. The highest BCUT2D eigenvalue weighted by Gasteiger charge is 2.56. The van der Waals surface area contributed by atoms with Gasteiger partial charge in [0.2, 0.25) is 0 Å². The zero-order valence-corrected chi connectivity index (χ0v) is 42.4. The van der Waals surface area contributed by atoms with Crippen molar-refractivity contribution in [3.8, 4) is 0 Å². The summed E-state index contributed by atoms with van der Waals surface area (Å²) in [4.78, 5) is 73.2. The van der Waals surface area contributed by atoms with Crippen LogP contribution in [0.5, 0.6) is 0 Å². The van der Waals surface area contributed by atoms with Crippen molar-refractivity contribution in [2.45, 2.75) is 224 Å². The predicted molar refractivity (Wildman–Crippen MR) is 252 cm³/mol. The first-order valence-corrected chi connectivity index (χ1v) is 28.8. The van der Waals surface area contributed by atoms with Crippen LogP contribution in [0.25, 0.3) is 0 Å². The number of aliphatic hydroxyl groups is 3. The van der Waals surface area contributed by atoms with Crippen molar-refractivity contribution in [2.75, 3.05) is 13.2 Å². The van der Waals surface area contributed by atoms with Crippen LogP contribution in [0.4, 0.5) is 0 Å². The summed E-state index contributed by atoms with van der Waals surface area (Å²) in [5.74, 6) is -1.31. The van der Waals surface area contributed by atoms with Crippen LogP contribution >= 0.6 is 23.5 Å². The minimum atomic E-state index is -5.60. The van der Waals surface area contributed by atoms with Crippen LogP contribution < -0.4 is 0 Å². The molecule has 0 aromatic heterocycles. The van der Waals surface area contributed by atoms with Crippen molar-refractivity contribution in [2.24, 2.45) is 0 Å². The third kappa shape index (κ3) is 33.6. The lowest BCUT2D eigenvalue weighted by Gasteiger charge is -2.44. The SMILES string of the molecule is CCC=CCC=CCC=CCCCCCCCC(=O)OC[C@H](COP(=O)(O)O[C@H]1C(O)C(O)C(OP(=O)(O)O)[C@@H](OP(=O)(O)O)C1O)OC(=O)CCCCCCCCCCCCCCCCC. The molecule has 67 heavy (non-hydrogen) atoms. The number of esters is 2. The molecule has 8 atom stereocenters. The van der Waals surface area contributed by atoms with Gasteiger partial charge >= 0.3 is 35.4 Å². The molecule has 392 valence electrons. The van der Waals surface area contributed by atoms with Gasteiger partial charge in [0.1, 0.15) is 43.2 Å². The Kier molecular flexibility index (Phi) is 35.2. The van der Waals surface area contributed by atoms with Gasteiger partial charge in [0.05, 0.1) is 6.61 Å². The number of unbranched alkanes of at least 4 members (excludes halogenated alkanes) is 19.